The summed E-state index contributed by atoms with van der Waals surface area (Å²) in [6.07, 6.45) is 5.32. The molecule has 24 heavy (non-hydrogen) atoms. The lowest BCUT2D eigenvalue weighted by Gasteiger charge is -2.22. The second kappa shape index (κ2) is 7.00. The van der Waals surface area contributed by atoms with Crippen LogP contribution in [0.15, 0.2) is 35.5 Å². The van der Waals surface area contributed by atoms with Gasteiger partial charge in [-0.15, -0.1) is 0 Å². The van der Waals surface area contributed by atoms with E-state index in [0.29, 0.717) is 6.54 Å². The maximum atomic E-state index is 14.3. The Morgan fingerprint density at radius 2 is 2.29 bits per heavy atom. The van der Waals surface area contributed by atoms with Crippen molar-refractivity contribution in [3.63, 3.8) is 0 Å². The van der Waals surface area contributed by atoms with Crippen molar-refractivity contribution in [3.8, 4) is 5.69 Å². The third-order valence-corrected chi connectivity index (χ3v) is 5.57. The fourth-order valence-corrected chi connectivity index (χ4v) is 3.92. The predicted molar refractivity (Wildman–Crippen MR) is 89.0 cm³/mol. The molecule has 0 spiro atoms. The highest BCUT2D eigenvalue weighted by Crippen LogP contribution is 2.19. The van der Waals surface area contributed by atoms with E-state index in [4.69, 9.17) is 0 Å². The van der Waals surface area contributed by atoms with Gasteiger partial charge in [-0.1, -0.05) is 0 Å². The molecule has 2 heterocycles. The lowest BCUT2D eigenvalue weighted by molar-refractivity contribution is 0.376. The summed E-state index contributed by atoms with van der Waals surface area (Å²) in [5, 5.41) is 7.28. The van der Waals surface area contributed by atoms with E-state index in [1.54, 1.807) is 12.4 Å². The maximum Gasteiger partial charge on any atom is 0.240 e. The Kier molecular flexibility index (Phi) is 4.98. The zero-order chi connectivity index (χ0) is 17.2. The van der Waals surface area contributed by atoms with Crippen molar-refractivity contribution in [2.24, 2.45) is 5.92 Å². The standard InChI is InChI=1S/C16H21FN4O2S/c1-12-8-19-21(11-12)16-5-4-14(7-15(16)17)24(22,23)20-10-13-3-2-6-18-9-13/h4-5,7-8,11,13,18,20H,2-3,6,9-10H2,1H3. The molecule has 0 aliphatic carbocycles. The number of halogens is 1. The average Bonchev–Trinajstić information content (AvgIpc) is 3.00. The van der Waals surface area contributed by atoms with Crippen molar-refractivity contribution in [1.29, 1.82) is 0 Å². The molecule has 1 aromatic heterocycles. The average molecular weight is 352 g/mol. The molecule has 2 N–H and O–H groups in total. The molecule has 1 atom stereocenters. The van der Waals surface area contributed by atoms with Gasteiger partial charge in [-0.05, 0) is 62.5 Å². The molecule has 0 radical (unpaired) electrons. The van der Waals surface area contributed by atoms with Gasteiger partial charge in [-0.25, -0.2) is 22.2 Å². The van der Waals surface area contributed by atoms with Crippen LogP contribution in [-0.2, 0) is 10.0 Å². The second-order valence-corrected chi connectivity index (χ2v) is 7.91. The van der Waals surface area contributed by atoms with Gasteiger partial charge in [-0.2, -0.15) is 5.10 Å². The van der Waals surface area contributed by atoms with Gasteiger partial charge < -0.3 is 5.32 Å². The molecule has 3 rings (SSSR count). The molecule has 8 heteroatoms. The molecule has 130 valence electrons. The predicted octanol–water partition coefficient (Wildman–Crippen LogP) is 1.60. The van der Waals surface area contributed by atoms with Crippen molar-refractivity contribution in [2.45, 2.75) is 24.7 Å². The Morgan fingerprint density at radius 3 is 2.92 bits per heavy atom. The van der Waals surface area contributed by atoms with Gasteiger partial charge in [0.2, 0.25) is 10.0 Å². The fourth-order valence-electron chi connectivity index (χ4n) is 2.79. The highest BCUT2D eigenvalue weighted by molar-refractivity contribution is 7.89. The van der Waals surface area contributed by atoms with Gasteiger partial charge in [0, 0.05) is 12.7 Å². The summed E-state index contributed by atoms with van der Waals surface area (Å²) in [5.41, 5.74) is 1.12. The largest absolute Gasteiger partial charge is 0.316 e. The van der Waals surface area contributed by atoms with Crippen LogP contribution in [0.2, 0.25) is 0 Å². The number of hydrogen-bond acceptors (Lipinski definition) is 4. The summed E-state index contributed by atoms with van der Waals surface area (Å²) in [4.78, 5) is -0.0728. The molecule has 0 saturated carbocycles. The molecule has 6 nitrogen and oxygen atoms in total. The normalized spacial score (nSPS) is 18.7. The smallest absolute Gasteiger partial charge is 0.240 e. The van der Waals surface area contributed by atoms with Gasteiger partial charge in [0.25, 0.3) is 0 Å². The number of rotatable bonds is 5. The van der Waals surface area contributed by atoms with Crippen molar-refractivity contribution >= 4 is 10.0 Å². The zero-order valence-corrected chi connectivity index (χ0v) is 14.3. The van der Waals surface area contributed by atoms with Crippen molar-refractivity contribution in [1.82, 2.24) is 19.8 Å². The van der Waals surface area contributed by atoms with Crippen LogP contribution in [0.3, 0.4) is 0 Å². The van der Waals surface area contributed by atoms with Gasteiger partial charge in [0.1, 0.15) is 11.5 Å². The Labute approximate surface area is 141 Å². The first kappa shape index (κ1) is 17.1. The number of aryl methyl sites for hydroxylation is 1. The van der Waals surface area contributed by atoms with Crippen LogP contribution in [0.1, 0.15) is 18.4 Å². The molecular weight excluding hydrogens is 331 g/mol. The van der Waals surface area contributed by atoms with E-state index in [9.17, 15) is 12.8 Å². The Balaban J connectivity index is 1.74. The van der Waals surface area contributed by atoms with E-state index >= 15 is 0 Å². The summed E-state index contributed by atoms with van der Waals surface area (Å²) < 4.78 is 43.0. The van der Waals surface area contributed by atoms with Gasteiger partial charge >= 0.3 is 0 Å². The molecular formula is C16H21FN4O2S. The minimum absolute atomic E-state index is 0.0728. The summed E-state index contributed by atoms with van der Waals surface area (Å²) in [6, 6.07) is 3.86. The number of nitrogens with zero attached hydrogens (tertiary/aromatic N) is 2. The molecule has 0 bridgehead atoms. The van der Waals surface area contributed by atoms with Crippen LogP contribution < -0.4 is 10.0 Å². The highest BCUT2D eigenvalue weighted by atomic mass is 32.2. The first-order chi connectivity index (χ1) is 11.5. The van der Waals surface area contributed by atoms with E-state index < -0.39 is 15.8 Å². The molecule has 0 amide bonds. The second-order valence-electron chi connectivity index (χ2n) is 6.14. The van der Waals surface area contributed by atoms with Crippen LogP contribution in [0.25, 0.3) is 5.69 Å². The number of piperidine rings is 1. The highest BCUT2D eigenvalue weighted by Gasteiger charge is 2.20. The molecule has 1 aliphatic rings. The molecule has 1 unspecified atom stereocenters. The van der Waals surface area contributed by atoms with Crippen molar-refractivity contribution in [3.05, 3.63) is 42.0 Å². The first-order valence-electron chi connectivity index (χ1n) is 7.97. The van der Waals surface area contributed by atoms with Crippen molar-refractivity contribution < 1.29 is 12.8 Å². The molecule has 2 aromatic rings. The Bertz CT molecular complexity index is 813. The van der Waals surface area contributed by atoms with Crippen LogP contribution in [0.4, 0.5) is 4.39 Å². The Morgan fingerprint density at radius 1 is 1.46 bits per heavy atom. The number of nitrogens with one attached hydrogen (secondary N) is 2. The molecule has 1 aromatic carbocycles. The Hall–Kier alpha value is -1.77. The number of benzene rings is 1. The fraction of sp³-hybridized carbons (Fsp3) is 0.438. The van der Waals surface area contributed by atoms with Crippen LogP contribution in [0.5, 0.6) is 0 Å². The summed E-state index contributed by atoms with van der Waals surface area (Å²) in [6.45, 7) is 3.98. The van der Waals surface area contributed by atoms with E-state index in [0.717, 1.165) is 37.6 Å². The summed E-state index contributed by atoms with van der Waals surface area (Å²) in [7, 11) is -3.72. The third kappa shape index (κ3) is 3.82. The van der Waals surface area contributed by atoms with Gasteiger partial charge in [-0.3, -0.25) is 0 Å². The van der Waals surface area contributed by atoms with E-state index in [2.05, 4.69) is 15.1 Å². The van der Waals surface area contributed by atoms with Crippen LogP contribution in [-0.4, -0.2) is 37.8 Å². The monoisotopic (exact) mass is 352 g/mol. The topological polar surface area (TPSA) is 76.0 Å². The summed E-state index contributed by atoms with van der Waals surface area (Å²) >= 11 is 0. The van der Waals surface area contributed by atoms with Crippen molar-refractivity contribution in [2.75, 3.05) is 19.6 Å². The van der Waals surface area contributed by atoms with E-state index in [1.807, 2.05) is 6.92 Å². The molecule has 1 aliphatic heterocycles. The number of hydrogen-bond donors (Lipinski definition) is 2. The number of sulfonamides is 1. The molecule has 1 saturated heterocycles. The zero-order valence-electron chi connectivity index (χ0n) is 13.5. The quantitative estimate of drug-likeness (QED) is 0.857. The lowest BCUT2D eigenvalue weighted by atomic mass is 10.0. The third-order valence-electron chi connectivity index (χ3n) is 4.15. The minimum Gasteiger partial charge on any atom is -0.316 e. The van der Waals surface area contributed by atoms with Gasteiger partial charge in [0.05, 0.1) is 11.1 Å². The SMILES string of the molecule is Cc1cnn(-c2ccc(S(=O)(=O)NCC3CCCNC3)cc2F)c1. The number of aromatic nitrogens is 2. The molecule has 1 fully saturated rings. The lowest BCUT2D eigenvalue weighted by Crippen LogP contribution is -2.38. The maximum absolute atomic E-state index is 14.3. The van der Waals surface area contributed by atoms with E-state index in [-0.39, 0.29) is 16.5 Å². The summed E-state index contributed by atoms with van der Waals surface area (Å²) in [5.74, 6) is -0.356. The van der Waals surface area contributed by atoms with Crippen LogP contribution >= 0.6 is 0 Å². The minimum atomic E-state index is -3.72. The van der Waals surface area contributed by atoms with Gasteiger partial charge in [0.15, 0.2) is 0 Å². The first-order valence-corrected chi connectivity index (χ1v) is 9.45. The van der Waals surface area contributed by atoms with E-state index in [1.165, 1.54) is 16.8 Å². The van der Waals surface area contributed by atoms with Crippen LogP contribution in [0, 0.1) is 18.7 Å².